The van der Waals surface area contributed by atoms with Crippen LogP contribution in [0.25, 0.3) is 0 Å². The van der Waals surface area contributed by atoms with Crippen molar-refractivity contribution < 1.29 is 35.5 Å². The van der Waals surface area contributed by atoms with Crippen LogP contribution < -0.4 is 0 Å². The Morgan fingerprint density at radius 3 is 1.37 bits per heavy atom. The molecule has 2 N–H and O–H groups in total. The summed E-state index contributed by atoms with van der Waals surface area (Å²) in [5.74, 6) is 0. The Labute approximate surface area is 223 Å². The number of rotatable bonds is 7. The fraction of sp³-hybridized carbons (Fsp3) is 0.308. The molecule has 3 aromatic rings. The summed E-state index contributed by atoms with van der Waals surface area (Å²) in [6.45, 7) is 4.56. The van der Waals surface area contributed by atoms with E-state index in [9.17, 15) is 35.5 Å². The van der Waals surface area contributed by atoms with Gasteiger partial charge in [0.15, 0.2) is 0 Å². The van der Waals surface area contributed by atoms with Crippen molar-refractivity contribution in [1.29, 1.82) is 0 Å². The van der Waals surface area contributed by atoms with E-state index in [1.54, 1.807) is 20.8 Å². The van der Waals surface area contributed by atoms with Gasteiger partial charge in [-0.15, -0.1) is 0 Å². The van der Waals surface area contributed by atoms with Crippen molar-refractivity contribution in [3.63, 3.8) is 0 Å². The standard InChI is InChI=1S/C26H29NO8S3/c1-18-4-10-22(11-5-18)36(30,31)26(29,37(32,33)23-12-6-19(2)7-13-23)25-16-21(28)17-27(25)38(34,35)24-14-8-20(3)9-15-24/h4-15,21,25,28-29H,16-17H2,1-3H3/t21?,25-/m0/s1. The summed E-state index contributed by atoms with van der Waals surface area (Å²) in [7, 11) is -14.9. The lowest BCUT2D eigenvalue weighted by molar-refractivity contribution is 0.128. The first kappa shape index (κ1) is 28.4. The van der Waals surface area contributed by atoms with Gasteiger partial charge in [0.25, 0.3) is 4.27 Å². The van der Waals surface area contributed by atoms with Gasteiger partial charge >= 0.3 is 0 Å². The van der Waals surface area contributed by atoms with Crippen LogP contribution in [-0.2, 0) is 29.7 Å². The molecule has 0 bridgehead atoms. The van der Waals surface area contributed by atoms with Gasteiger partial charge in [-0.1, -0.05) is 53.1 Å². The van der Waals surface area contributed by atoms with Crippen molar-refractivity contribution in [2.75, 3.05) is 6.54 Å². The van der Waals surface area contributed by atoms with Gasteiger partial charge in [-0.05, 0) is 63.6 Å². The fourth-order valence-corrected chi connectivity index (χ4v) is 10.9. The summed E-state index contributed by atoms with van der Waals surface area (Å²) < 4.78 is 80.5. The van der Waals surface area contributed by atoms with Crippen molar-refractivity contribution in [3.05, 3.63) is 89.5 Å². The number of hydrogen-bond acceptors (Lipinski definition) is 8. The van der Waals surface area contributed by atoms with Crippen LogP contribution in [0.5, 0.6) is 0 Å². The second-order valence-corrected chi connectivity index (χ2v) is 15.9. The molecule has 204 valence electrons. The Morgan fingerprint density at radius 2 is 1.00 bits per heavy atom. The van der Waals surface area contributed by atoms with Crippen LogP contribution >= 0.6 is 0 Å². The molecule has 0 radical (unpaired) electrons. The molecule has 1 unspecified atom stereocenters. The highest BCUT2D eigenvalue weighted by atomic mass is 32.3. The molecular formula is C26H29NO8S3. The van der Waals surface area contributed by atoms with Gasteiger partial charge in [0.05, 0.1) is 26.8 Å². The normalized spacial score (nSPS) is 19.5. The number of sulfonamides is 1. The van der Waals surface area contributed by atoms with Crippen molar-refractivity contribution in [2.24, 2.45) is 0 Å². The Bertz CT molecular complexity index is 1570. The third-order valence-corrected chi connectivity index (χ3v) is 13.8. The average molecular weight is 580 g/mol. The van der Waals surface area contributed by atoms with Crippen LogP contribution in [-0.4, -0.2) is 62.7 Å². The Morgan fingerprint density at radius 1 is 0.658 bits per heavy atom. The van der Waals surface area contributed by atoms with E-state index in [-0.39, 0.29) is 4.90 Å². The number of β-amino-alcohol motifs (C(OH)–C–C–N with tert-alkyl or cyclic N) is 1. The summed E-state index contributed by atoms with van der Waals surface area (Å²) in [6, 6.07) is 14.0. The van der Waals surface area contributed by atoms with E-state index in [4.69, 9.17) is 0 Å². The molecule has 0 aromatic heterocycles. The van der Waals surface area contributed by atoms with E-state index in [0.717, 1.165) is 29.8 Å². The maximum Gasteiger partial charge on any atom is 0.294 e. The number of sulfone groups is 2. The van der Waals surface area contributed by atoms with E-state index in [1.165, 1.54) is 48.5 Å². The Kier molecular flexibility index (Phi) is 7.36. The molecule has 4 rings (SSSR count). The van der Waals surface area contributed by atoms with Crippen molar-refractivity contribution in [3.8, 4) is 0 Å². The molecule has 12 heteroatoms. The third-order valence-electron chi connectivity index (χ3n) is 6.71. The molecule has 1 aliphatic rings. The van der Waals surface area contributed by atoms with E-state index in [0.29, 0.717) is 15.4 Å². The topological polar surface area (TPSA) is 146 Å². The molecule has 38 heavy (non-hydrogen) atoms. The van der Waals surface area contributed by atoms with E-state index in [2.05, 4.69) is 0 Å². The molecule has 0 spiro atoms. The number of aliphatic hydroxyl groups is 2. The highest BCUT2D eigenvalue weighted by Crippen LogP contribution is 2.44. The number of benzene rings is 3. The SMILES string of the molecule is Cc1ccc(S(=O)(=O)N2CC(O)C[C@H]2C(O)(S(=O)(=O)c2ccc(C)cc2)S(=O)(=O)c2ccc(C)cc2)cc1. The smallest absolute Gasteiger partial charge is 0.294 e. The summed E-state index contributed by atoms with van der Waals surface area (Å²) in [5.41, 5.74) is 2.14. The summed E-state index contributed by atoms with van der Waals surface area (Å²) in [6.07, 6.45) is -2.05. The van der Waals surface area contributed by atoms with Gasteiger partial charge in [-0.25, -0.2) is 25.3 Å². The molecule has 0 amide bonds. The highest BCUT2D eigenvalue weighted by Gasteiger charge is 2.65. The molecule has 2 atom stereocenters. The molecule has 1 fully saturated rings. The molecule has 3 aromatic carbocycles. The minimum absolute atomic E-state index is 0.231. The fourth-order valence-electron chi connectivity index (χ4n) is 4.50. The molecule has 0 saturated carbocycles. The van der Waals surface area contributed by atoms with Crippen molar-refractivity contribution in [2.45, 2.75) is 58.3 Å². The van der Waals surface area contributed by atoms with Crippen LogP contribution in [0.15, 0.2) is 87.5 Å². The van der Waals surface area contributed by atoms with Gasteiger partial charge < -0.3 is 10.2 Å². The zero-order valence-electron chi connectivity index (χ0n) is 21.0. The van der Waals surface area contributed by atoms with Gasteiger partial charge in [0.1, 0.15) is 0 Å². The highest BCUT2D eigenvalue weighted by molar-refractivity contribution is 8.10. The average Bonchev–Trinajstić information content (AvgIpc) is 3.27. The summed E-state index contributed by atoms with van der Waals surface area (Å²) in [5, 5.41) is 22.6. The predicted octanol–water partition coefficient (Wildman–Crippen LogP) is 2.33. The van der Waals surface area contributed by atoms with Crippen LogP contribution in [0.2, 0.25) is 0 Å². The Balaban J connectivity index is 1.99. The predicted molar refractivity (Wildman–Crippen MR) is 141 cm³/mol. The quantitative estimate of drug-likeness (QED) is 0.434. The lowest BCUT2D eigenvalue weighted by Crippen LogP contribution is -2.60. The first-order valence-corrected chi connectivity index (χ1v) is 16.1. The number of aliphatic hydroxyl groups excluding tert-OH is 1. The van der Waals surface area contributed by atoms with Gasteiger partial charge in [-0.2, -0.15) is 4.31 Å². The Hall–Kier alpha value is -2.61. The summed E-state index contributed by atoms with van der Waals surface area (Å²) in [4.78, 5) is -1.24. The van der Waals surface area contributed by atoms with E-state index >= 15 is 0 Å². The molecular weight excluding hydrogens is 550 g/mol. The van der Waals surface area contributed by atoms with Crippen molar-refractivity contribution >= 4 is 29.7 Å². The van der Waals surface area contributed by atoms with Crippen LogP contribution in [0.4, 0.5) is 0 Å². The first-order valence-electron chi connectivity index (χ1n) is 11.7. The van der Waals surface area contributed by atoms with Gasteiger partial charge in [-0.3, -0.25) is 0 Å². The molecule has 1 aliphatic heterocycles. The lowest BCUT2D eigenvalue weighted by Gasteiger charge is -2.37. The van der Waals surface area contributed by atoms with Gasteiger partial charge in [0.2, 0.25) is 29.7 Å². The lowest BCUT2D eigenvalue weighted by atomic mass is 10.2. The molecule has 1 saturated heterocycles. The number of nitrogens with zero attached hydrogens (tertiary/aromatic N) is 1. The zero-order chi connectivity index (χ0) is 28.1. The third kappa shape index (κ3) is 4.59. The summed E-state index contributed by atoms with van der Waals surface area (Å²) >= 11 is 0. The number of hydrogen-bond donors (Lipinski definition) is 2. The van der Waals surface area contributed by atoms with E-state index in [1.807, 2.05) is 0 Å². The molecule has 9 nitrogen and oxygen atoms in total. The minimum atomic E-state index is -5.17. The monoisotopic (exact) mass is 579 g/mol. The van der Waals surface area contributed by atoms with E-state index < -0.39 is 68.9 Å². The second kappa shape index (κ2) is 9.85. The molecule has 0 aliphatic carbocycles. The second-order valence-electron chi connectivity index (χ2n) is 9.56. The zero-order valence-corrected chi connectivity index (χ0v) is 23.5. The van der Waals surface area contributed by atoms with Crippen LogP contribution in [0, 0.1) is 20.8 Å². The van der Waals surface area contributed by atoms with Crippen LogP contribution in [0.3, 0.4) is 0 Å². The van der Waals surface area contributed by atoms with Crippen LogP contribution in [0.1, 0.15) is 23.1 Å². The minimum Gasteiger partial charge on any atom is -0.392 e. The van der Waals surface area contributed by atoms with Gasteiger partial charge in [0, 0.05) is 6.54 Å². The number of aryl methyl sites for hydroxylation is 3. The maximum atomic E-state index is 14.1. The first-order chi connectivity index (χ1) is 17.6. The largest absolute Gasteiger partial charge is 0.392 e. The van der Waals surface area contributed by atoms with Crippen molar-refractivity contribution in [1.82, 2.24) is 4.31 Å². The maximum absolute atomic E-state index is 14.1. The molecule has 1 heterocycles.